The molecule has 0 bridgehead atoms. The maximum Gasteiger partial charge on any atom is 0.433 e. The van der Waals surface area contributed by atoms with Crippen molar-refractivity contribution in [2.75, 3.05) is 0 Å². The van der Waals surface area contributed by atoms with E-state index in [-0.39, 0.29) is 28.2 Å². The maximum atomic E-state index is 13.7. The van der Waals surface area contributed by atoms with Gasteiger partial charge in [-0.3, -0.25) is 9.54 Å². The lowest BCUT2D eigenvalue weighted by Crippen LogP contribution is -2.13. The van der Waals surface area contributed by atoms with E-state index in [4.69, 9.17) is 4.55 Å². The van der Waals surface area contributed by atoms with E-state index in [1.54, 1.807) is 0 Å². The lowest BCUT2D eigenvalue weighted by Gasteiger charge is -2.11. The van der Waals surface area contributed by atoms with Crippen molar-refractivity contribution in [3.05, 3.63) is 77.4 Å². The van der Waals surface area contributed by atoms with E-state index in [9.17, 15) is 34.8 Å². The highest BCUT2D eigenvalue weighted by atomic mass is 32.2. The minimum Gasteiger partial charge on any atom is -0.282 e. The quantitative estimate of drug-likeness (QED) is 0.242. The van der Waals surface area contributed by atoms with Gasteiger partial charge in [-0.05, 0) is 30.2 Å². The van der Waals surface area contributed by atoms with Crippen LogP contribution in [-0.4, -0.2) is 32.6 Å². The number of fused-ring (bicyclic) bond motifs is 1. The fraction of sp³-hybridized carbons (Fsp3) is 0.0952. The van der Waals surface area contributed by atoms with Crippen LogP contribution < -0.4 is 0 Å². The zero-order chi connectivity index (χ0) is 25.6. The van der Waals surface area contributed by atoms with Crippen LogP contribution in [0.5, 0.6) is 0 Å². The molecule has 3 heterocycles. The normalized spacial score (nSPS) is 12.4. The molecule has 4 aromatic rings. The van der Waals surface area contributed by atoms with Crippen LogP contribution in [-0.2, 0) is 22.5 Å². The average molecular weight is 512 g/mol. The molecular weight excluding hydrogens is 502 g/mol. The van der Waals surface area contributed by atoms with Crippen LogP contribution in [0.1, 0.15) is 22.5 Å². The van der Waals surface area contributed by atoms with Crippen LogP contribution in [0.15, 0.2) is 59.8 Å². The standard InChI is InChI=1S/C21H10F6N4O3S/c22-20(23,24)14-4-2-13(3-5-14)17-9-18(21(25,26)27)31-19(29-17)8-15(30-31)6-1-12-7-16(11-28-10-12)35(32,33)34/h2-5,7-11H,(H,32,33,34). The van der Waals surface area contributed by atoms with Gasteiger partial charge in [-0.15, -0.1) is 0 Å². The highest BCUT2D eigenvalue weighted by Gasteiger charge is 2.35. The topological polar surface area (TPSA) is 97.5 Å². The summed E-state index contributed by atoms with van der Waals surface area (Å²) in [6.45, 7) is 0. The Hall–Kier alpha value is -3.96. The summed E-state index contributed by atoms with van der Waals surface area (Å²) in [5.41, 5.74) is -2.82. The largest absolute Gasteiger partial charge is 0.433 e. The molecule has 0 amide bonds. The monoisotopic (exact) mass is 512 g/mol. The van der Waals surface area contributed by atoms with Crippen molar-refractivity contribution in [3.63, 3.8) is 0 Å². The molecule has 0 radical (unpaired) electrons. The number of pyridine rings is 1. The van der Waals surface area contributed by atoms with Gasteiger partial charge < -0.3 is 0 Å². The predicted molar refractivity (Wildman–Crippen MR) is 108 cm³/mol. The van der Waals surface area contributed by atoms with E-state index in [1.165, 1.54) is 6.20 Å². The fourth-order valence-electron chi connectivity index (χ4n) is 2.98. The third-order valence-corrected chi connectivity index (χ3v) is 5.39. The first-order valence-electron chi connectivity index (χ1n) is 9.32. The maximum absolute atomic E-state index is 13.7. The van der Waals surface area contributed by atoms with Gasteiger partial charge in [0.15, 0.2) is 11.3 Å². The van der Waals surface area contributed by atoms with Crippen molar-refractivity contribution in [2.45, 2.75) is 17.2 Å². The Balaban J connectivity index is 1.78. The van der Waals surface area contributed by atoms with E-state index < -0.39 is 38.6 Å². The number of hydrogen-bond acceptors (Lipinski definition) is 5. The van der Waals surface area contributed by atoms with Gasteiger partial charge in [-0.1, -0.05) is 18.1 Å². The van der Waals surface area contributed by atoms with Crippen LogP contribution in [0.2, 0.25) is 0 Å². The molecule has 0 saturated carbocycles. The zero-order valence-corrected chi connectivity index (χ0v) is 17.7. The molecule has 0 fully saturated rings. The summed E-state index contributed by atoms with van der Waals surface area (Å²) in [7, 11) is -4.54. The number of alkyl halides is 6. The molecule has 1 N–H and O–H groups in total. The van der Waals surface area contributed by atoms with Gasteiger partial charge in [0.1, 0.15) is 10.6 Å². The minimum absolute atomic E-state index is 0.0212. The van der Waals surface area contributed by atoms with Gasteiger partial charge >= 0.3 is 12.4 Å². The number of aromatic nitrogens is 4. The Morgan fingerprint density at radius 3 is 2.17 bits per heavy atom. The molecule has 7 nitrogen and oxygen atoms in total. The Morgan fingerprint density at radius 2 is 1.57 bits per heavy atom. The van der Waals surface area contributed by atoms with Gasteiger partial charge in [0.2, 0.25) is 0 Å². The molecule has 0 spiro atoms. The molecule has 0 unspecified atom stereocenters. The second kappa shape index (κ2) is 8.36. The molecule has 0 aliphatic heterocycles. The predicted octanol–water partition coefficient (Wildman–Crippen LogP) is 4.48. The number of rotatable bonds is 2. The van der Waals surface area contributed by atoms with Crippen molar-refractivity contribution in [1.82, 2.24) is 19.6 Å². The van der Waals surface area contributed by atoms with Crippen LogP contribution in [0.4, 0.5) is 26.3 Å². The van der Waals surface area contributed by atoms with Crippen molar-refractivity contribution < 1.29 is 39.3 Å². The smallest absolute Gasteiger partial charge is 0.282 e. The van der Waals surface area contributed by atoms with Crippen LogP contribution in [0, 0.1) is 11.8 Å². The SMILES string of the molecule is O=S(=O)(O)c1cncc(C#Cc2cc3nc(-c4ccc(C(F)(F)F)cc4)cc(C(F)(F)F)n3n2)c1. The molecule has 0 saturated heterocycles. The molecule has 1 aromatic carbocycles. The summed E-state index contributed by atoms with van der Waals surface area (Å²) >= 11 is 0. The van der Waals surface area contributed by atoms with Crippen LogP contribution in [0.3, 0.4) is 0 Å². The summed E-state index contributed by atoms with van der Waals surface area (Å²) in [4.78, 5) is 7.15. The van der Waals surface area contributed by atoms with E-state index in [0.717, 1.165) is 42.6 Å². The lowest BCUT2D eigenvalue weighted by atomic mass is 10.1. The second-order valence-corrected chi connectivity index (χ2v) is 8.45. The van der Waals surface area contributed by atoms with Crippen LogP contribution in [0.25, 0.3) is 16.9 Å². The summed E-state index contributed by atoms with van der Waals surface area (Å²) < 4.78 is 111. The second-order valence-electron chi connectivity index (χ2n) is 7.03. The molecule has 3 aromatic heterocycles. The van der Waals surface area contributed by atoms with Gasteiger partial charge in [0.05, 0.1) is 11.3 Å². The van der Waals surface area contributed by atoms with Crippen molar-refractivity contribution in [3.8, 4) is 23.1 Å². The molecule has 35 heavy (non-hydrogen) atoms. The first kappa shape index (κ1) is 24.2. The Kier molecular flexibility index (Phi) is 5.78. The van der Waals surface area contributed by atoms with E-state index in [1.807, 2.05) is 0 Å². The fourth-order valence-corrected chi connectivity index (χ4v) is 3.45. The Bertz CT molecular complexity index is 1600. The van der Waals surface area contributed by atoms with Crippen molar-refractivity contribution in [1.29, 1.82) is 0 Å². The van der Waals surface area contributed by atoms with Crippen molar-refractivity contribution in [2.24, 2.45) is 0 Å². The van der Waals surface area contributed by atoms with E-state index in [0.29, 0.717) is 10.6 Å². The number of halogens is 6. The molecular formula is C21H10F6N4O3S. The van der Waals surface area contributed by atoms with Gasteiger partial charge in [0.25, 0.3) is 10.1 Å². The third-order valence-electron chi connectivity index (χ3n) is 4.57. The molecule has 0 aliphatic carbocycles. The summed E-state index contributed by atoms with van der Waals surface area (Å²) in [5.74, 6) is 4.94. The molecule has 0 atom stereocenters. The minimum atomic E-state index is -4.88. The Labute approximate surface area is 192 Å². The highest BCUT2D eigenvalue weighted by Crippen LogP contribution is 2.34. The Morgan fingerprint density at radius 1 is 0.886 bits per heavy atom. The first-order chi connectivity index (χ1) is 16.2. The molecule has 0 aliphatic rings. The molecule has 180 valence electrons. The number of hydrogen-bond donors (Lipinski definition) is 1. The zero-order valence-electron chi connectivity index (χ0n) is 16.9. The summed E-state index contributed by atoms with van der Waals surface area (Å²) in [6.07, 6.45) is -7.44. The van der Waals surface area contributed by atoms with E-state index in [2.05, 4.69) is 26.9 Å². The average Bonchev–Trinajstić information content (AvgIpc) is 3.18. The van der Waals surface area contributed by atoms with Gasteiger partial charge in [0, 0.05) is 29.6 Å². The number of benzene rings is 1. The first-order valence-corrected chi connectivity index (χ1v) is 10.8. The van der Waals surface area contributed by atoms with E-state index >= 15 is 0 Å². The van der Waals surface area contributed by atoms with Gasteiger partial charge in [-0.2, -0.15) is 39.9 Å². The third kappa shape index (κ3) is 5.26. The molecule has 4 rings (SSSR count). The lowest BCUT2D eigenvalue weighted by molar-refractivity contribution is -0.142. The highest BCUT2D eigenvalue weighted by molar-refractivity contribution is 7.85. The van der Waals surface area contributed by atoms with Crippen molar-refractivity contribution >= 4 is 15.8 Å². The molecule has 14 heteroatoms. The summed E-state index contributed by atoms with van der Waals surface area (Å²) in [6, 6.07) is 6.26. The van der Waals surface area contributed by atoms with Gasteiger partial charge in [-0.25, -0.2) is 9.50 Å². The number of nitrogens with zero attached hydrogens (tertiary/aromatic N) is 4. The van der Waals surface area contributed by atoms with Crippen LogP contribution >= 0.6 is 0 Å². The summed E-state index contributed by atoms with van der Waals surface area (Å²) in [5, 5.41) is 3.77.